The minimum Gasteiger partial charge on any atom is -0.337 e. The summed E-state index contributed by atoms with van der Waals surface area (Å²) in [7, 11) is 0. The summed E-state index contributed by atoms with van der Waals surface area (Å²) in [6.07, 6.45) is 1.55. The van der Waals surface area contributed by atoms with Gasteiger partial charge in [0.2, 0.25) is 5.91 Å². The SMILES string of the molecule is Cl.O=C1N(Cc2ccccc2)CC(c2ccccc2F)C12CCNCC2. The highest BCUT2D eigenvalue weighted by Gasteiger charge is 2.54. The van der Waals surface area contributed by atoms with Gasteiger partial charge in [-0.05, 0) is 43.1 Å². The molecule has 1 spiro atoms. The summed E-state index contributed by atoms with van der Waals surface area (Å²) < 4.78 is 14.5. The molecule has 0 saturated carbocycles. The minimum atomic E-state index is -0.470. The third-order valence-corrected chi connectivity index (χ3v) is 5.78. The number of rotatable bonds is 3. The van der Waals surface area contributed by atoms with Crippen molar-refractivity contribution in [2.45, 2.75) is 25.3 Å². The fraction of sp³-hybridized carbons (Fsp3) is 0.381. The van der Waals surface area contributed by atoms with Gasteiger partial charge in [-0.25, -0.2) is 4.39 Å². The maximum Gasteiger partial charge on any atom is 0.229 e. The van der Waals surface area contributed by atoms with E-state index in [1.165, 1.54) is 6.07 Å². The lowest BCUT2D eigenvalue weighted by molar-refractivity contribution is -0.138. The molecule has 3 nitrogen and oxygen atoms in total. The number of benzene rings is 2. The van der Waals surface area contributed by atoms with E-state index in [4.69, 9.17) is 0 Å². The maximum atomic E-state index is 14.5. The second kappa shape index (κ2) is 7.77. The van der Waals surface area contributed by atoms with Crippen molar-refractivity contribution in [2.24, 2.45) is 5.41 Å². The molecule has 1 N–H and O–H groups in total. The van der Waals surface area contributed by atoms with E-state index < -0.39 is 5.41 Å². The van der Waals surface area contributed by atoms with Crippen LogP contribution in [0.15, 0.2) is 54.6 Å². The van der Waals surface area contributed by atoms with E-state index in [2.05, 4.69) is 5.32 Å². The fourth-order valence-corrected chi connectivity index (χ4v) is 4.47. The molecule has 0 radical (unpaired) electrons. The first-order chi connectivity index (χ1) is 12.2. The van der Waals surface area contributed by atoms with Crippen molar-refractivity contribution >= 4 is 18.3 Å². The molecule has 26 heavy (non-hydrogen) atoms. The summed E-state index contributed by atoms with van der Waals surface area (Å²) in [5, 5.41) is 3.34. The lowest BCUT2D eigenvalue weighted by atomic mass is 9.68. The molecule has 2 fully saturated rings. The third kappa shape index (κ3) is 3.24. The van der Waals surface area contributed by atoms with Gasteiger partial charge in [-0.2, -0.15) is 0 Å². The zero-order valence-corrected chi connectivity index (χ0v) is 15.5. The standard InChI is InChI=1S/C21H23FN2O.ClH/c22-19-9-5-4-8-17(19)18-15-24(14-16-6-2-1-3-7-16)20(25)21(18)10-12-23-13-11-21;/h1-9,18,23H,10-15H2;1H. The molecule has 2 saturated heterocycles. The summed E-state index contributed by atoms with van der Waals surface area (Å²) >= 11 is 0. The van der Waals surface area contributed by atoms with Crippen LogP contribution in [-0.2, 0) is 11.3 Å². The molecule has 1 amide bonds. The Hall–Kier alpha value is -1.91. The van der Waals surface area contributed by atoms with Crippen LogP contribution in [-0.4, -0.2) is 30.4 Å². The molecule has 1 unspecified atom stereocenters. The van der Waals surface area contributed by atoms with Gasteiger partial charge in [-0.15, -0.1) is 12.4 Å². The van der Waals surface area contributed by atoms with Crippen molar-refractivity contribution in [3.63, 3.8) is 0 Å². The molecule has 2 aliphatic rings. The Balaban J connectivity index is 0.00000196. The van der Waals surface area contributed by atoms with Crippen molar-refractivity contribution in [3.05, 3.63) is 71.5 Å². The van der Waals surface area contributed by atoms with Crippen molar-refractivity contribution in [3.8, 4) is 0 Å². The highest BCUT2D eigenvalue weighted by Crippen LogP contribution is 2.50. The highest BCUT2D eigenvalue weighted by molar-refractivity contribution is 5.87. The monoisotopic (exact) mass is 374 g/mol. The second-order valence-corrected chi connectivity index (χ2v) is 7.15. The van der Waals surface area contributed by atoms with Crippen LogP contribution in [0.1, 0.15) is 29.9 Å². The quantitative estimate of drug-likeness (QED) is 0.887. The first-order valence-corrected chi connectivity index (χ1v) is 8.99. The molecule has 0 aliphatic carbocycles. The number of nitrogens with one attached hydrogen (secondary N) is 1. The van der Waals surface area contributed by atoms with Gasteiger partial charge in [-0.3, -0.25) is 4.79 Å². The molecule has 138 valence electrons. The molecule has 2 aromatic rings. The number of halogens is 2. The van der Waals surface area contributed by atoms with Crippen LogP contribution in [0.2, 0.25) is 0 Å². The Kier molecular flexibility index (Phi) is 5.64. The zero-order chi connectivity index (χ0) is 17.3. The molecular weight excluding hydrogens is 351 g/mol. The van der Waals surface area contributed by atoms with E-state index in [1.54, 1.807) is 6.07 Å². The predicted octanol–water partition coefficient (Wildman–Crippen LogP) is 3.74. The number of piperidine rings is 1. The number of nitrogens with zero attached hydrogens (tertiary/aromatic N) is 1. The molecule has 1 atom stereocenters. The van der Waals surface area contributed by atoms with Crippen LogP contribution >= 0.6 is 12.4 Å². The van der Waals surface area contributed by atoms with E-state index in [0.29, 0.717) is 18.7 Å². The topological polar surface area (TPSA) is 32.3 Å². The molecular formula is C21H24ClFN2O. The lowest BCUT2D eigenvalue weighted by Crippen LogP contribution is -2.44. The largest absolute Gasteiger partial charge is 0.337 e. The number of carbonyl (C=O) groups excluding carboxylic acids is 1. The number of amides is 1. The summed E-state index contributed by atoms with van der Waals surface area (Å²) in [6.45, 7) is 2.82. The van der Waals surface area contributed by atoms with Gasteiger partial charge >= 0.3 is 0 Å². The fourth-order valence-electron chi connectivity index (χ4n) is 4.47. The lowest BCUT2D eigenvalue weighted by Gasteiger charge is -2.37. The Morgan fingerprint density at radius 2 is 1.69 bits per heavy atom. The van der Waals surface area contributed by atoms with Gasteiger partial charge < -0.3 is 10.2 Å². The van der Waals surface area contributed by atoms with E-state index >= 15 is 0 Å². The Bertz CT molecular complexity index is 762. The van der Waals surface area contributed by atoms with Crippen molar-refractivity contribution in [2.75, 3.05) is 19.6 Å². The van der Waals surface area contributed by atoms with E-state index in [1.807, 2.05) is 47.4 Å². The second-order valence-electron chi connectivity index (χ2n) is 7.15. The van der Waals surface area contributed by atoms with Gasteiger partial charge in [0.1, 0.15) is 5.82 Å². The van der Waals surface area contributed by atoms with E-state index in [9.17, 15) is 9.18 Å². The molecule has 4 rings (SSSR count). The van der Waals surface area contributed by atoms with Crippen LogP contribution in [0.5, 0.6) is 0 Å². The van der Waals surface area contributed by atoms with Crippen molar-refractivity contribution in [1.82, 2.24) is 10.2 Å². The highest BCUT2D eigenvalue weighted by atomic mass is 35.5. The maximum absolute atomic E-state index is 14.5. The summed E-state index contributed by atoms with van der Waals surface area (Å²) in [5.41, 5.74) is 1.34. The predicted molar refractivity (Wildman–Crippen MR) is 103 cm³/mol. The molecule has 0 bridgehead atoms. The van der Waals surface area contributed by atoms with Crippen LogP contribution in [0.25, 0.3) is 0 Å². The Morgan fingerprint density at radius 1 is 1.04 bits per heavy atom. The number of carbonyl (C=O) groups is 1. The van der Waals surface area contributed by atoms with Crippen LogP contribution in [0, 0.1) is 11.2 Å². The smallest absolute Gasteiger partial charge is 0.229 e. The first kappa shape index (κ1) is 18.9. The molecule has 2 heterocycles. The number of likely N-dealkylation sites (tertiary alicyclic amines) is 1. The van der Waals surface area contributed by atoms with E-state index in [0.717, 1.165) is 31.5 Å². The molecule has 5 heteroatoms. The minimum absolute atomic E-state index is 0. The molecule has 0 aromatic heterocycles. The van der Waals surface area contributed by atoms with Gasteiger partial charge in [-0.1, -0.05) is 48.5 Å². The van der Waals surface area contributed by atoms with Gasteiger partial charge in [0.25, 0.3) is 0 Å². The zero-order valence-electron chi connectivity index (χ0n) is 14.7. The summed E-state index contributed by atoms with van der Waals surface area (Å²) in [5.74, 6) is -0.0853. The number of hydrogen-bond acceptors (Lipinski definition) is 2. The van der Waals surface area contributed by atoms with Crippen LogP contribution < -0.4 is 5.32 Å². The Morgan fingerprint density at radius 3 is 2.38 bits per heavy atom. The van der Waals surface area contributed by atoms with Crippen LogP contribution in [0.4, 0.5) is 4.39 Å². The van der Waals surface area contributed by atoms with Gasteiger partial charge in [0.15, 0.2) is 0 Å². The summed E-state index contributed by atoms with van der Waals surface area (Å²) in [6, 6.07) is 17.0. The molecule has 2 aromatic carbocycles. The molecule has 2 aliphatic heterocycles. The average Bonchev–Trinajstić information content (AvgIpc) is 2.90. The number of hydrogen-bond donors (Lipinski definition) is 1. The summed E-state index contributed by atoms with van der Waals surface area (Å²) in [4.78, 5) is 15.3. The van der Waals surface area contributed by atoms with Crippen molar-refractivity contribution < 1.29 is 9.18 Å². The van der Waals surface area contributed by atoms with E-state index in [-0.39, 0.29) is 30.0 Å². The average molecular weight is 375 g/mol. The van der Waals surface area contributed by atoms with Crippen LogP contribution in [0.3, 0.4) is 0 Å². The first-order valence-electron chi connectivity index (χ1n) is 8.99. The van der Waals surface area contributed by atoms with Gasteiger partial charge in [0, 0.05) is 19.0 Å². The van der Waals surface area contributed by atoms with Gasteiger partial charge in [0.05, 0.1) is 5.41 Å². The normalized spacial score (nSPS) is 21.7. The third-order valence-electron chi connectivity index (χ3n) is 5.78. The van der Waals surface area contributed by atoms with Crippen molar-refractivity contribution in [1.29, 1.82) is 0 Å². The Labute approximate surface area is 160 Å².